The van der Waals surface area contributed by atoms with Crippen LogP contribution < -0.4 is 4.74 Å². The molecule has 0 saturated carbocycles. The molecule has 1 atom stereocenters. The lowest BCUT2D eigenvalue weighted by Gasteiger charge is -2.16. The number of nitrogens with zero attached hydrogens (tertiary/aromatic N) is 2. The van der Waals surface area contributed by atoms with Crippen molar-refractivity contribution < 1.29 is 9.47 Å². The van der Waals surface area contributed by atoms with E-state index < -0.39 is 0 Å². The van der Waals surface area contributed by atoms with Gasteiger partial charge in [-0.15, -0.1) is 0 Å². The van der Waals surface area contributed by atoms with Crippen molar-refractivity contribution in [3.05, 3.63) is 59.4 Å². The highest BCUT2D eigenvalue weighted by Crippen LogP contribution is 2.26. The van der Waals surface area contributed by atoms with Gasteiger partial charge >= 0.3 is 0 Å². The molecule has 0 saturated heterocycles. The molecule has 3 rings (SSSR count). The molecule has 0 aliphatic rings. The largest absolute Gasteiger partial charge is 0.483 e. The maximum Gasteiger partial charge on any atom is 0.153 e. The molecule has 0 N–H and O–H groups in total. The summed E-state index contributed by atoms with van der Waals surface area (Å²) in [6, 6.07) is 15.4. The number of halogens is 1. The lowest BCUT2D eigenvalue weighted by molar-refractivity contribution is 0.177. The highest BCUT2D eigenvalue weighted by Gasteiger charge is 2.17. The van der Waals surface area contributed by atoms with Gasteiger partial charge in [-0.2, -0.15) is 0 Å². The fourth-order valence-electron chi connectivity index (χ4n) is 2.59. The summed E-state index contributed by atoms with van der Waals surface area (Å²) in [7, 11) is 1.70. The summed E-state index contributed by atoms with van der Waals surface area (Å²) in [5.74, 6) is 1.66. The number of aromatic nitrogens is 2. The van der Waals surface area contributed by atoms with Crippen molar-refractivity contribution in [2.24, 2.45) is 0 Å². The third kappa shape index (κ3) is 3.49. The smallest absolute Gasteiger partial charge is 0.153 e. The van der Waals surface area contributed by atoms with Gasteiger partial charge in [-0.25, -0.2) is 4.98 Å². The van der Waals surface area contributed by atoms with E-state index in [-0.39, 0.29) is 6.10 Å². The predicted molar refractivity (Wildman–Crippen MR) is 92.1 cm³/mol. The highest BCUT2D eigenvalue weighted by atomic mass is 35.5. The molecule has 0 radical (unpaired) electrons. The normalized spacial score (nSPS) is 12.5. The van der Waals surface area contributed by atoms with Crippen LogP contribution in [0, 0.1) is 0 Å². The molecular formula is C18H19ClN2O2. The van der Waals surface area contributed by atoms with Crippen LogP contribution in [0.2, 0.25) is 5.02 Å². The summed E-state index contributed by atoms with van der Waals surface area (Å²) in [5.41, 5.74) is 2.05. The zero-order valence-electron chi connectivity index (χ0n) is 13.2. The van der Waals surface area contributed by atoms with Crippen LogP contribution in [-0.4, -0.2) is 23.3 Å². The molecule has 0 aliphatic carbocycles. The number of fused-ring (bicyclic) bond motifs is 1. The summed E-state index contributed by atoms with van der Waals surface area (Å²) in [5, 5.41) is 0.692. The molecule has 4 nitrogen and oxygen atoms in total. The number of ether oxygens (including phenoxy) is 2. The van der Waals surface area contributed by atoms with E-state index in [2.05, 4.69) is 10.6 Å². The second-order valence-electron chi connectivity index (χ2n) is 5.32. The van der Waals surface area contributed by atoms with Crippen molar-refractivity contribution in [1.82, 2.24) is 9.55 Å². The lowest BCUT2D eigenvalue weighted by Crippen LogP contribution is -2.14. The van der Waals surface area contributed by atoms with Crippen molar-refractivity contribution >= 4 is 22.6 Å². The summed E-state index contributed by atoms with van der Waals surface area (Å²) in [6.07, 6.45) is -0.180. The van der Waals surface area contributed by atoms with Gasteiger partial charge < -0.3 is 14.0 Å². The summed E-state index contributed by atoms with van der Waals surface area (Å²) in [6.45, 7) is 3.36. The van der Waals surface area contributed by atoms with E-state index >= 15 is 0 Å². The third-order valence-electron chi connectivity index (χ3n) is 3.69. The Kier molecular flexibility index (Phi) is 4.84. The van der Waals surface area contributed by atoms with Crippen molar-refractivity contribution in [2.75, 3.05) is 13.7 Å². The minimum atomic E-state index is -0.180. The van der Waals surface area contributed by atoms with E-state index in [1.165, 1.54) is 0 Å². The van der Waals surface area contributed by atoms with Gasteiger partial charge in [0, 0.05) is 18.7 Å². The van der Waals surface area contributed by atoms with Crippen LogP contribution in [0.15, 0.2) is 48.5 Å². The van der Waals surface area contributed by atoms with Gasteiger partial charge in [-0.3, -0.25) is 0 Å². The number of benzene rings is 2. The molecule has 0 aliphatic heterocycles. The van der Waals surface area contributed by atoms with E-state index in [0.717, 1.165) is 29.2 Å². The average Bonchev–Trinajstić information content (AvgIpc) is 2.94. The molecule has 1 aromatic heterocycles. The number of hydrogen-bond acceptors (Lipinski definition) is 3. The lowest BCUT2D eigenvalue weighted by atomic mass is 10.3. The zero-order valence-corrected chi connectivity index (χ0v) is 14.0. The molecular weight excluding hydrogens is 312 g/mol. The minimum Gasteiger partial charge on any atom is -0.483 e. The Bertz CT molecular complexity index is 783. The minimum absolute atomic E-state index is 0.180. The Balaban J connectivity index is 1.92. The van der Waals surface area contributed by atoms with Crippen LogP contribution >= 0.6 is 11.6 Å². The average molecular weight is 331 g/mol. The van der Waals surface area contributed by atoms with Crippen LogP contribution in [0.1, 0.15) is 18.9 Å². The maximum atomic E-state index is 6.02. The molecule has 120 valence electrons. The van der Waals surface area contributed by atoms with E-state index in [0.29, 0.717) is 11.6 Å². The topological polar surface area (TPSA) is 36.3 Å². The van der Waals surface area contributed by atoms with Crippen LogP contribution in [-0.2, 0) is 11.3 Å². The molecule has 0 spiro atoms. The van der Waals surface area contributed by atoms with Crippen LogP contribution in [0.25, 0.3) is 11.0 Å². The van der Waals surface area contributed by atoms with Crippen LogP contribution in [0.3, 0.4) is 0 Å². The van der Waals surface area contributed by atoms with E-state index in [1.54, 1.807) is 7.11 Å². The number of para-hydroxylation sites is 2. The van der Waals surface area contributed by atoms with Crippen molar-refractivity contribution in [3.63, 3.8) is 0 Å². The van der Waals surface area contributed by atoms with Crippen LogP contribution in [0.5, 0.6) is 5.75 Å². The maximum absolute atomic E-state index is 6.02. The monoisotopic (exact) mass is 330 g/mol. The van der Waals surface area contributed by atoms with E-state index in [9.17, 15) is 0 Å². The first-order chi connectivity index (χ1) is 11.2. The first-order valence-corrected chi connectivity index (χ1v) is 7.93. The van der Waals surface area contributed by atoms with Gasteiger partial charge in [0.05, 0.1) is 17.6 Å². The summed E-state index contributed by atoms with van der Waals surface area (Å²) >= 11 is 5.92. The number of hydrogen-bond donors (Lipinski definition) is 0. The quantitative estimate of drug-likeness (QED) is 0.668. The second-order valence-corrected chi connectivity index (χ2v) is 5.75. The van der Waals surface area contributed by atoms with Gasteiger partial charge in [0.15, 0.2) is 11.9 Å². The van der Waals surface area contributed by atoms with Gasteiger partial charge in [-0.1, -0.05) is 23.7 Å². The van der Waals surface area contributed by atoms with Crippen molar-refractivity contribution in [1.29, 1.82) is 0 Å². The molecule has 0 amide bonds. The molecule has 1 heterocycles. The molecule has 0 fully saturated rings. The molecule has 23 heavy (non-hydrogen) atoms. The van der Waals surface area contributed by atoms with E-state index in [1.807, 2.05) is 49.4 Å². The Morgan fingerprint density at radius 2 is 1.87 bits per heavy atom. The zero-order chi connectivity index (χ0) is 16.2. The van der Waals surface area contributed by atoms with Gasteiger partial charge in [0.1, 0.15) is 5.75 Å². The predicted octanol–water partition coefficient (Wildman–Crippen LogP) is 4.48. The Labute approximate surface area is 140 Å². The number of imidazole rings is 1. The number of methoxy groups -OCH3 is 1. The second kappa shape index (κ2) is 7.02. The molecule has 0 bridgehead atoms. The molecule has 2 aromatic carbocycles. The molecule has 5 heteroatoms. The van der Waals surface area contributed by atoms with Gasteiger partial charge in [-0.05, 0) is 43.3 Å². The first kappa shape index (κ1) is 15.8. The molecule has 3 aromatic rings. The SMILES string of the molecule is COCCn1c(C(C)Oc2ccc(Cl)cc2)nc2ccccc21. The fraction of sp³-hybridized carbons (Fsp3) is 0.278. The third-order valence-corrected chi connectivity index (χ3v) is 3.95. The first-order valence-electron chi connectivity index (χ1n) is 7.55. The van der Waals surface area contributed by atoms with Crippen LogP contribution in [0.4, 0.5) is 0 Å². The van der Waals surface area contributed by atoms with Gasteiger partial charge in [0.2, 0.25) is 0 Å². The fourth-order valence-corrected chi connectivity index (χ4v) is 2.72. The Morgan fingerprint density at radius 1 is 1.13 bits per heavy atom. The summed E-state index contributed by atoms with van der Waals surface area (Å²) < 4.78 is 13.4. The summed E-state index contributed by atoms with van der Waals surface area (Å²) in [4.78, 5) is 4.74. The number of rotatable bonds is 6. The highest BCUT2D eigenvalue weighted by molar-refractivity contribution is 6.30. The van der Waals surface area contributed by atoms with E-state index in [4.69, 9.17) is 26.1 Å². The van der Waals surface area contributed by atoms with Crippen molar-refractivity contribution in [3.8, 4) is 5.75 Å². The van der Waals surface area contributed by atoms with Gasteiger partial charge in [0.25, 0.3) is 0 Å². The van der Waals surface area contributed by atoms with Crippen molar-refractivity contribution in [2.45, 2.75) is 19.6 Å². The Hall–Kier alpha value is -2.04. The standard InChI is InChI=1S/C18H19ClN2O2/c1-13(23-15-9-7-14(19)8-10-15)18-20-16-5-3-4-6-17(16)21(18)11-12-22-2/h3-10,13H,11-12H2,1-2H3. The molecule has 1 unspecified atom stereocenters. The Morgan fingerprint density at radius 3 is 2.61 bits per heavy atom.